The number of hydrogen-bond acceptors (Lipinski definition) is 4. The van der Waals surface area contributed by atoms with Crippen molar-refractivity contribution in [3.63, 3.8) is 0 Å². The molecule has 1 heterocycles. The Morgan fingerprint density at radius 2 is 1.54 bits per heavy atom. The van der Waals surface area contributed by atoms with Gasteiger partial charge in [-0.1, -0.05) is 42.5 Å². The number of aromatic nitrogens is 1. The van der Waals surface area contributed by atoms with Gasteiger partial charge in [-0.25, -0.2) is 0 Å². The summed E-state index contributed by atoms with van der Waals surface area (Å²) in [5, 5.41) is 22.6. The van der Waals surface area contributed by atoms with Crippen molar-refractivity contribution < 1.29 is 15.0 Å². The second-order valence-electron chi connectivity index (χ2n) is 5.93. The maximum atomic E-state index is 12.5. The van der Waals surface area contributed by atoms with E-state index in [4.69, 9.17) is 0 Å². The summed E-state index contributed by atoms with van der Waals surface area (Å²) in [4.78, 5) is 16.4. The highest BCUT2D eigenvalue weighted by molar-refractivity contribution is 5.95. The van der Waals surface area contributed by atoms with Gasteiger partial charge >= 0.3 is 0 Å². The van der Waals surface area contributed by atoms with E-state index >= 15 is 0 Å². The highest BCUT2D eigenvalue weighted by Crippen LogP contribution is 2.20. The van der Waals surface area contributed by atoms with E-state index in [1.165, 1.54) is 0 Å². The minimum atomic E-state index is -0.985. The van der Waals surface area contributed by atoms with Gasteiger partial charge in [-0.05, 0) is 41.0 Å². The molecule has 2 aromatic carbocycles. The van der Waals surface area contributed by atoms with Gasteiger partial charge in [0.25, 0.3) is 5.91 Å². The third kappa shape index (κ3) is 4.14. The van der Waals surface area contributed by atoms with Crippen molar-refractivity contribution in [3.05, 3.63) is 90.3 Å². The molecule has 2 atom stereocenters. The molecule has 0 spiro atoms. The van der Waals surface area contributed by atoms with Gasteiger partial charge in [-0.2, -0.15) is 0 Å². The van der Waals surface area contributed by atoms with Crippen LogP contribution in [0.2, 0.25) is 0 Å². The molecule has 3 aromatic rings. The first-order valence-electron chi connectivity index (χ1n) is 8.34. The third-order valence-electron chi connectivity index (χ3n) is 4.20. The predicted molar refractivity (Wildman–Crippen MR) is 99.4 cm³/mol. The molecule has 3 rings (SSSR count). The summed E-state index contributed by atoms with van der Waals surface area (Å²) < 4.78 is 0. The molecule has 26 heavy (non-hydrogen) atoms. The van der Waals surface area contributed by atoms with Crippen molar-refractivity contribution in [3.8, 4) is 11.1 Å². The fourth-order valence-electron chi connectivity index (χ4n) is 2.72. The first-order valence-corrected chi connectivity index (χ1v) is 8.34. The van der Waals surface area contributed by atoms with Gasteiger partial charge in [0.1, 0.15) is 6.10 Å². The number of carbonyl (C=O) groups is 1. The molecule has 0 radical (unpaired) electrons. The van der Waals surface area contributed by atoms with E-state index in [0.717, 1.165) is 11.1 Å². The van der Waals surface area contributed by atoms with Crippen LogP contribution >= 0.6 is 0 Å². The number of hydrogen-bond donors (Lipinski definition) is 3. The lowest BCUT2D eigenvalue weighted by molar-refractivity contribution is 0.0703. The van der Waals surface area contributed by atoms with Crippen LogP contribution in [0.25, 0.3) is 11.1 Å². The molecule has 3 N–H and O–H groups in total. The molecule has 0 fully saturated rings. The van der Waals surface area contributed by atoms with E-state index in [2.05, 4.69) is 10.3 Å². The van der Waals surface area contributed by atoms with Crippen LogP contribution in [0, 0.1) is 0 Å². The van der Waals surface area contributed by atoms with E-state index in [1.54, 1.807) is 48.8 Å². The average molecular weight is 348 g/mol. The zero-order valence-corrected chi connectivity index (χ0v) is 14.1. The summed E-state index contributed by atoms with van der Waals surface area (Å²) in [5.74, 6) is -0.347. The van der Waals surface area contributed by atoms with Crippen molar-refractivity contribution >= 4 is 5.91 Å². The van der Waals surface area contributed by atoms with Crippen molar-refractivity contribution in [2.75, 3.05) is 6.61 Å². The van der Waals surface area contributed by atoms with E-state index in [-0.39, 0.29) is 12.5 Å². The van der Waals surface area contributed by atoms with Gasteiger partial charge in [0.2, 0.25) is 0 Å². The van der Waals surface area contributed by atoms with Crippen molar-refractivity contribution in [1.82, 2.24) is 10.3 Å². The van der Waals surface area contributed by atoms with Crippen LogP contribution in [0.3, 0.4) is 0 Å². The van der Waals surface area contributed by atoms with Gasteiger partial charge in [-0.15, -0.1) is 0 Å². The second-order valence-corrected chi connectivity index (χ2v) is 5.93. The smallest absolute Gasteiger partial charge is 0.251 e. The number of benzene rings is 2. The summed E-state index contributed by atoms with van der Waals surface area (Å²) in [6, 6.07) is 19.1. The number of nitrogens with one attached hydrogen (secondary N) is 1. The van der Waals surface area contributed by atoms with E-state index in [1.807, 2.05) is 30.3 Å². The predicted octanol–water partition coefficient (Wildman–Crippen LogP) is 2.57. The molecule has 0 aliphatic rings. The Balaban J connectivity index is 1.70. The van der Waals surface area contributed by atoms with Gasteiger partial charge in [0.05, 0.1) is 12.6 Å². The Kier molecular flexibility index (Phi) is 5.73. The van der Waals surface area contributed by atoms with Crippen LogP contribution in [0.5, 0.6) is 0 Å². The Bertz CT molecular complexity index is 836. The van der Waals surface area contributed by atoms with Gasteiger partial charge in [0.15, 0.2) is 0 Å². The first kappa shape index (κ1) is 17.8. The second kappa shape index (κ2) is 8.38. The molecule has 0 saturated heterocycles. The number of rotatable bonds is 6. The SMILES string of the molecule is O=C(NC(CO)C(O)c1ccccc1)c1ccc(-c2ccncc2)cc1. The summed E-state index contributed by atoms with van der Waals surface area (Å²) in [5.41, 5.74) is 3.09. The zero-order chi connectivity index (χ0) is 18.4. The number of carbonyl (C=O) groups excluding carboxylic acids is 1. The summed E-state index contributed by atoms with van der Waals surface area (Å²) in [6.45, 7) is -0.364. The topological polar surface area (TPSA) is 82.5 Å². The van der Waals surface area contributed by atoms with Gasteiger partial charge < -0.3 is 15.5 Å². The monoisotopic (exact) mass is 348 g/mol. The molecule has 0 aliphatic heterocycles. The van der Waals surface area contributed by atoms with E-state index in [0.29, 0.717) is 11.1 Å². The first-order chi connectivity index (χ1) is 12.7. The maximum Gasteiger partial charge on any atom is 0.251 e. The molecule has 1 amide bonds. The van der Waals surface area contributed by atoms with Crippen molar-refractivity contribution in [1.29, 1.82) is 0 Å². The Morgan fingerprint density at radius 3 is 2.15 bits per heavy atom. The maximum absolute atomic E-state index is 12.5. The number of nitrogens with zero attached hydrogens (tertiary/aromatic N) is 1. The van der Waals surface area contributed by atoms with Crippen LogP contribution in [-0.4, -0.2) is 33.8 Å². The normalized spacial score (nSPS) is 13.0. The largest absolute Gasteiger partial charge is 0.394 e. The lowest BCUT2D eigenvalue weighted by Gasteiger charge is -2.22. The lowest BCUT2D eigenvalue weighted by Crippen LogP contribution is -2.41. The molecule has 2 unspecified atom stereocenters. The highest BCUT2D eigenvalue weighted by Gasteiger charge is 2.22. The minimum absolute atomic E-state index is 0.347. The van der Waals surface area contributed by atoms with Crippen molar-refractivity contribution in [2.24, 2.45) is 0 Å². The van der Waals surface area contributed by atoms with E-state index in [9.17, 15) is 15.0 Å². The number of aliphatic hydroxyl groups excluding tert-OH is 2. The van der Waals surface area contributed by atoms with Gasteiger partial charge in [-0.3, -0.25) is 9.78 Å². The summed E-state index contributed by atoms with van der Waals surface area (Å²) in [6.07, 6.45) is 2.45. The zero-order valence-electron chi connectivity index (χ0n) is 14.1. The molecular weight excluding hydrogens is 328 g/mol. The van der Waals surface area contributed by atoms with Crippen LogP contribution in [0.4, 0.5) is 0 Å². The molecule has 132 valence electrons. The van der Waals surface area contributed by atoms with E-state index < -0.39 is 12.1 Å². The highest BCUT2D eigenvalue weighted by atomic mass is 16.3. The summed E-state index contributed by atoms with van der Waals surface area (Å²) >= 11 is 0. The summed E-state index contributed by atoms with van der Waals surface area (Å²) in [7, 11) is 0. The van der Waals surface area contributed by atoms with Gasteiger partial charge in [0, 0.05) is 18.0 Å². The fraction of sp³-hybridized carbons (Fsp3) is 0.143. The van der Waals surface area contributed by atoms with Crippen LogP contribution in [0.15, 0.2) is 79.1 Å². The number of pyridine rings is 1. The van der Waals surface area contributed by atoms with Crippen LogP contribution in [-0.2, 0) is 0 Å². The molecule has 1 aromatic heterocycles. The molecule has 5 heteroatoms. The Labute approximate surface area is 152 Å². The lowest BCUT2D eigenvalue weighted by atomic mass is 10.0. The molecule has 0 aliphatic carbocycles. The molecule has 5 nitrogen and oxygen atoms in total. The third-order valence-corrected chi connectivity index (χ3v) is 4.20. The van der Waals surface area contributed by atoms with Crippen molar-refractivity contribution in [2.45, 2.75) is 12.1 Å². The van der Waals surface area contributed by atoms with Crippen LogP contribution in [0.1, 0.15) is 22.0 Å². The fourth-order valence-corrected chi connectivity index (χ4v) is 2.72. The Hall–Kier alpha value is -3.02. The van der Waals surface area contributed by atoms with Crippen LogP contribution < -0.4 is 5.32 Å². The molecule has 0 saturated carbocycles. The number of aliphatic hydroxyl groups is 2. The quantitative estimate of drug-likeness (QED) is 0.639. The minimum Gasteiger partial charge on any atom is -0.394 e. The molecular formula is C21H20N2O3. The Morgan fingerprint density at radius 1 is 0.923 bits per heavy atom. The average Bonchev–Trinajstić information content (AvgIpc) is 2.72. The molecule has 0 bridgehead atoms. The standard InChI is InChI=1S/C21H20N2O3/c24-14-19(20(25)17-4-2-1-3-5-17)23-21(26)18-8-6-15(7-9-18)16-10-12-22-13-11-16/h1-13,19-20,24-25H,14H2,(H,23,26). The number of amides is 1.